The highest BCUT2D eigenvalue weighted by molar-refractivity contribution is 7.91. The van der Waals surface area contributed by atoms with E-state index in [9.17, 15) is 18.0 Å². The van der Waals surface area contributed by atoms with E-state index < -0.39 is 21.5 Å². The van der Waals surface area contributed by atoms with E-state index in [4.69, 9.17) is 9.47 Å². The van der Waals surface area contributed by atoms with E-state index >= 15 is 0 Å². The Morgan fingerprint density at radius 2 is 1.91 bits per heavy atom. The number of fused-ring (bicyclic) bond motifs is 1. The molecule has 0 saturated carbocycles. The number of hydrogen-bond acceptors (Lipinski definition) is 7. The molecular weight excluding hydrogens is 434 g/mol. The zero-order valence-corrected chi connectivity index (χ0v) is 20.0. The molecule has 1 fully saturated rings. The van der Waals surface area contributed by atoms with Crippen molar-refractivity contribution >= 4 is 27.5 Å². The van der Waals surface area contributed by atoms with Crippen molar-refractivity contribution in [2.75, 3.05) is 43.4 Å². The highest BCUT2D eigenvalue weighted by Crippen LogP contribution is 2.34. The predicted molar refractivity (Wildman–Crippen MR) is 121 cm³/mol. The third-order valence-electron chi connectivity index (χ3n) is 5.56. The normalized spacial score (nSPS) is 18.1. The van der Waals surface area contributed by atoms with Gasteiger partial charge in [0.15, 0.2) is 16.4 Å². The lowest BCUT2D eigenvalue weighted by Gasteiger charge is -2.35. The Labute approximate surface area is 190 Å². The van der Waals surface area contributed by atoms with Gasteiger partial charge in [0.1, 0.15) is 11.4 Å². The number of rotatable bonds is 6. The number of alkyl carbamates (subject to hydrolysis) is 1. The van der Waals surface area contributed by atoms with Gasteiger partial charge in [0.05, 0.1) is 16.3 Å². The number of piperidine rings is 1. The van der Waals surface area contributed by atoms with Crippen LogP contribution in [0.4, 0.5) is 10.5 Å². The van der Waals surface area contributed by atoms with Gasteiger partial charge in [-0.25, -0.2) is 13.2 Å². The van der Waals surface area contributed by atoms with E-state index in [2.05, 4.69) is 10.2 Å². The van der Waals surface area contributed by atoms with Crippen LogP contribution < -0.4 is 15.0 Å². The van der Waals surface area contributed by atoms with Crippen LogP contribution in [-0.2, 0) is 19.4 Å². The molecule has 2 aliphatic rings. The quantitative estimate of drug-likeness (QED) is 0.684. The lowest BCUT2D eigenvalue weighted by Crippen LogP contribution is -2.48. The van der Waals surface area contributed by atoms with E-state index in [1.165, 1.54) is 12.1 Å². The first-order valence-electron chi connectivity index (χ1n) is 11.0. The van der Waals surface area contributed by atoms with Gasteiger partial charge in [0.2, 0.25) is 0 Å². The largest absolute Gasteiger partial charge is 0.482 e. The Morgan fingerprint density at radius 3 is 2.53 bits per heavy atom. The molecule has 3 rings (SSSR count). The van der Waals surface area contributed by atoms with Gasteiger partial charge in [-0.15, -0.1) is 0 Å². The predicted octanol–water partition coefficient (Wildman–Crippen LogP) is 2.19. The van der Waals surface area contributed by atoms with Crippen molar-refractivity contribution in [2.24, 2.45) is 0 Å². The van der Waals surface area contributed by atoms with Crippen molar-refractivity contribution in [1.29, 1.82) is 0 Å². The zero-order chi connectivity index (χ0) is 23.5. The van der Waals surface area contributed by atoms with Gasteiger partial charge in [-0.1, -0.05) is 6.92 Å². The van der Waals surface area contributed by atoms with Crippen LogP contribution in [0.25, 0.3) is 0 Å². The van der Waals surface area contributed by atoms with Crippen molar-refractivity contribution in [2.45, 2.75) is 57.1 Å². The van der Waals surface area contributed by atoms with Crippen LogP contribution in [0.15, 0.2) is 23.1 Å². The first kappa shape index (κ1) is 24.3. The topological polar surface area (TPSA) is 105 Å². The van der Waals surface area contributed by atoms with E-state index in [1.807, 2.05) is 20.8 Å². The fraction of sp³-hybridized carbons (Fsp3) is 0.636. The van der Waals surface area contributed by atoms with E-state index in [-0.39, 0.29) is 29.2 Å². The van der Waals surface area contributed by atoms with Crippen LogP contribution in [-0.4, -0.2) is 75.5 Å². The summed E-state index contributed by atoms with van der Waals surface area (Å²) < 4.78 is 35.4. The Kier molecular flexibility index (Phi) is 7.34. The monoisotopic (exact) mass is 467 g/mol. The van der Waals surface area contributed by atoms with Crippen LogP contribution >= 0.6 is 0 Å². The van der Waals surface area contributed by atoms with Crippen LogP contribution in [0.1, 0.15) is 40.5 Å². The average molecular weight is 468 g/mol. The van der Waals surface area contributed by atoms with Gasteiger partial charge in [0.25, 0.3) is 5.91 Å². The maximum absolute atomic E-state index is 12.5. The number of carbonyl (C=O) groups excluding carboxylic acids is 2. The minimum atomic E-state index is -3.38. The van der Waals surface area contributed by atoms with Gasteiger partial charge in [-0.3, -0.25) is 4.79 Å². The molecule has 1 N–H and O–H groups in total. The van der Waals surface area contributed by atoms with Crippen LogP contribution in [0.3, 0.4) is 0 Å². The molecule has 0 atom stereocenters. The molecule has 0 spiro atoms. The minimum absolute atomic E-state index is 0.00708. The van der Waals surface area contributed by atoms with Gasteiger partial charge >= 0.3 is 6.09 Å². The second-order valence-electron chi connectivity index (χ2n) is 9.13. The Bertz CT molecular complexity index is 949. The van der Waals surface area contributed by atoms with Crippen molar-refractivity contribution in [1.82, 2.24) is 10.2 Å². The first-order chi connectivity index (χ1) is 15.0. The number of hydrogen-bond donors (Lipinski definition) is 1. The lowest BCUT2D eigenvalue weighted by atomic mass is 10.1. The maximum atomic E-state index is 12.5. The molecule has 2 heterocycles. The minimum Gasteiger partial charge on any atom is -0.482 e. The third kappa shape index (κ3) is 6.13. The summed E-state index contributed by atoms with van der Waals surface area (Å²) in [6.45, 7) is 9.70. The highest BCUT2D eigenvalue weighted by atomic mass is 32.2. The van der Waals surface area contributed by atoms with Crippen LogP contribution in [0.5, 0.6) is 5.75 Å². The summed E-state index contributed by atoms with van der Waals surface area (Å²) in [6, 6.07) is 4.73. The first-order valence-corrected chi connectivity index (χ1v) is 12.7. The number of ether oxygens (including phenoxy) is 2. The van der Waals surface area contributed by atoms with Gasteiger partial charge < -0.3 is 24.6 Å². The summed E-state index contributed by atoms with van der Waals surface area (Å²) in [4.78, 5) is 28.5. The molecule has 0 aliphatic carbocycles. The van der Waals surface area contributed by atoms with Gasteiger partial charge in [0, 0.05) is 32.2 Å². The lowest BCUT2D eigenvalue weighted by molar-refractivity contribution is -0.121. The summed E-state index contributed by atoms with van der Waals surface area (Å²) in [7, 11) is -3.38. The maximum Gasteiger partial charge on any atom is 0.407 e. The highest BCUT2D eigenvalue weighted by Gasteiger charge is 2.29. The van der Waals surface area contributed by atoms with E-state index in [0.717, 1.165) is 25.9 Å². The summed E-state index contributed by atoms with van der Waals surface area (Å²) >= 11 is 0. The van der Waals surface area contributed by atoms with Gasteiger partial charge in [-0.05, 0) is 51.8 Å². The average Bonchev–Trinajstić information content (AvgIpc) is 2.72. The molecule has 0 bridgehead atoms. The number of nitrogens with zero attached hydrogens (tertiary/aromatic N) is 2. The summed E-state index contributed by atoms with van der Waals surface area (Å²) in [5, 5.41) is 2.92. The standard InChI is InChI=1S/C22H33N3O6S/c1-5-32(28,29)17-6-7-19-18(14-17)25(20(26)15-30-19)13-12-24-10-8-16(9-11-24)23-21(27)31-22(2,3)4/h6-7,14,16H,5,8-13,15H2,1-4H3,(H,23,27). The number of likely N-dealkylation sites (tertiary alicyclic amines) is 1. The molecule has 2 amide bonds. The Hall–Kier alpha value is -2.33. The molecule has 1 aromatic rings. The fourth-order valence-corrected chi connectivity index (χ4v) is 4.70. The third-order valence-corrected chi connectivity index (χ3v) is 7.29. The molecule has 9 nitrogen and oxygen atoms in total. The van der Waals surface area contributed by atoms with Crippen molar-refractivity contribution in [3.63, 3.8) is 0 Å². The molecule has 2 aliphatic heterocycles. The number of nitrogens with one attached hydrogen (secondary N) is 1. The molecular formula is C22H33N3O6S. The van der Waals surface area contributed by atoms with E-state index in [1.54, 1.807) is 17.9 Å². The zero-order valence-electron chi connectivity index (χ0n) is 19.2. The molecule has 1 aromatic carbocycles. The fourth-order valence-electron chi connectivity index (χ4n) is 3.80. The van der Waals surface area contributed by atoms with Crippen LogP contribution in [0, 0.1) is 0 Å². The molecule has 10 heteroatoms. The molecule has 0 radical (unpaired) electrons. The SMILES string of the molecule is CCS(=O)(=O)c1ccc2c(c1)N(CCN1CCC(NC(=O)OC(C)(C)C)CC1)C(=O)CO2. The summed E-state index contributed by atoms with van der Waals surface area (Å²) in [6.07, 6.45) is 1.20. The Balaban J connectivity index is 1.57. The van der Waals surface area contributed by atoms with Crippen molar-refractivity contribution < 1.29 is 27.5 Å². The summed E-state index contributed by atoms with van der Waals surface area (Å²) in [5.41, 5.74) is -0.0282. The molecule has 0 unspecified atom stereocenters. The molecule has 32 heavy (non-hydrogen) atoms. The number of sulfone groups is 1. The molecule has 1 saturated heterocycles. The molecule has 178 valence electrons. The van der Waals surface area contributed by atoms with E-state index in [0.29, 0.717) is 24.5 Å². The van der Waals surface area contributed by atoms with Gasteiger partial charge in [-0.2, -0.15) is 0 Å². The number of amides is 2. The second-order valence-corrected chi connectivity index (χ2v) is 11.4. The summed E-state index contributed by atoms with van der Waals surface area (Å²) in [5.74, 6) is 0.317. The smallest absolute Gasteiger partial charge is 0.407 e. The molecule has 0 aromatic heterocycles. The number of carbonyl (C=O) groups is 2. The van der Waals surface area contributed by atoms with Crippen molar-refractivity contribution in [3.8, 4) is 5.75 Å². The Morgan fingerprint density at radius 1 is 1.22 bits per heavy atom. The van der Waals surface area contributed by atoms with Crippen LogP contribution in [0.2, 0.25) is 0 Å². The number of benzene rings is 1. The van der Waals surface area contributed by atoms with Crippen molar-refractivity contribution in [3.05, 3.63) is 18.2 Å². The second kappa shape index (κ2) is 9.66. The number of anilines is 1.